The van der Waals surface area contributed by atoms with Crippen molar-refractivity contribution in [1.82, 2.24) is 10.0 Å². The van der Waals surface area contributed by atoms with E-state index >= 15 is 0 Å². The highest BCUT2D eigenvalue weighted by atomic mass is 32.2. The minimum absolute atomic E-state index is 0.0784. The lowest BCUT2D eigenvalue weighted by molar-refractivity contribution is 0.559. The standard InChI is InChI=1S/C11H15FN2O2S/c1-8-6-10(2-3-11(8)12)17(15,16)14-9-4-5-13-7-9/h2-3,6,9,13-14H,4-5,7H2,1H3. The van der Waals surface area contributed by atoms with Crippen LogP contribution in [0.25, 0.3) is 0 Å². The molecule has 6 heteroatoms. The first-order valence-corrected chi connectivity index (χ1v) is 6.96. The fourth-order valence-corrected chi connectivity index (χ4v) is 3.18. The molecule has 17 heavy (non-hydrogen) atoms. The van der Waals surface area contributed by atoms with E-state index in [9.17, 15) is 12.8 Å². The van der Waals surface area contributed by atoms with E-state index in [1.807, 2.05) is 0 Å². The Morgan fingerprint density at radius 2 is 2.24 bits per heavy atom. The molecule has 0 aliphatic carbocycles. The number of hydrogen-bond acceptors (Lipinski definition) is 3. The lowest BCUT2D eigenvalue weighted by Gasteiger charge is -2.12. The third-order valence-corrected chi connectivity index (χ3v) is 4.34. The largest absolute Gasteiger partial charge is 0.315 e. The zero-order chi connectivity index (χ0) is 12.5. The molecule has 1 aliphatic rings. The van der Waals surface area contributed by atoms with Crippen molar-refractivity contribution in [3.63, 3.8) is 0 Å². The lowest BCUT2D eigenvalue weighted by Crippen LogP contribution is -2.36. The summed E-state index contributed by atoms with van der Waals surface area (Å²) in [6.07, 6.45) is 0.777. The molecule has 2 rings (SSSR count). The van der Waals surface area contributed by atoms with Gasteiger partial charge in [0.25, 0.3) is 0 Å². The monoisotopic (exact) mass is 258 g/mol. The van der Waals surface area contributed by atoms with E-state index in [1.54, 1.807) is 6.92 Å². The molecule has 0 aromatic heterocycles. The minimum Gasteiger partial charge on any atom is -0.315 e. The molecule has 1 aliphatic heterocycles. The van der Waals surface area contributed by atoms with Crippen LogP contribution in [0.2, 0.25) is 0 Å². The zero-order valence-corrected chi connectivity index (χ0v) is 10.3. The van der Waals surface area contributed by atoms with Gasteiger partial charge in [-0.1, -0.05) is 0 Å². The van der Waals surface area contributed by atoms with Crippen molar-refractivity contribution in [2.75, 3.05) is 13.1 Å². The van der Waals surface area contributed by atoms with Crippen molar-refractivity contribution in [2.45, 2.75) is 24.3 Å². The summed E-state index contributed by atoms with van der Waals surface area (Å²) in [4.78, 5) is 0.114. The van der Waals surface area contributed by atoms with E-state index in [-0.39, 0.29) is 10.9 Å². The normalized spacial score (nSPS) is 20.7. The highest BCUT2D eigenvalue weighted by molar-refractivity contribution is 7.89. The maximum Gasteiger partial charge on any atom is 0.240 e. The van der Waals surface area contributed by atoms with Crippen LogP contribution >= 0.6 is 0 Å². The van der Waals surface area contributed by atoms with E-state index in [2.05, 4.69) is 10.0 Å². The maximum atomic E-state index is 13.1. The Bertz CT molecular complexity index is 510. The molecule has 1 aromatic rings. The number of nitrogens with one attached hydrogen (secondary N) is 2. The second-order valence-electron chi connectivity index (χ2n) is 4.22. The Morgan fingerprint density at radius 1 is 1.47 bits per heavy atom. The second-order valence-corrected chi connectivity index (χ2v) is 5.94. The smallest absolute Gasteiger partial charge is 0.240 e. The topological polar surface area (TPSA) is 58.2 Å². The first-order chi connectivity index (χ1) is 7.99. The summed E-state index contributed by atoms with van der Waals surface area (Å²) in [5.41, 5.74) is 0.331. The van der Waals surface area contributed by atoms with Crippen LogP contribution in [0.4, 0.5) is 4.39 Å². The molecule has 1 fully saturated rings. The SMILES string of the molecule is Cc1cc(S(=O)(=O)NC2CCNC2)ccc1F. The van der Waals surface area contributed by atoms with E-state index in [4.69, 9.17) is 0 Å². The van der Waals surface area contributed by atoms with Crippen LogP contribution in [0, 0.1) is 12.7 Å². The van der Waals surface area contributed by atoms with Crippen molar-refractivity contribution in [3.8, 4) is 0 Å². The molecule has 4 nitrogen and oxygen atoms in total. The van der Waals surface area contributed by atoms with Gasteiger partial charge < -0.3 is 5.32 Å². The third kappa shape index (κ3) is 2.83. The number of aryl methyl sites for hydroxylation is 1. The summed E-state index contributed by atoms with van der Waals surface area (Å²) < 4.78 is 39.7. The number of halogens is 1. The molecule has 0 spiro atoms. The lowest BCUT2D eigenvalue weighted by atomic mass is 10.2. The molecule has 1 heterocycles. The molecule has 1 saturated heterocycles. The second kappa shape index (κ2) is 4.72. The summed E-state index contributed by atoms with van der Waals surface area (Å²) in [5.74, 6) is -0.397. The molecule has 1 unspecified atom stereocenters. The van der Waals surface area contributed by atoms with Crippen molar-refractivity contribution < 1.29 is 12.8 Å². The Balaban J connectivity index is 2.21. The number of benzene rings is 1. The molecular weight excluding hydrogens is 243 g/mol. The van der Waals surface area contributed by atoms with Crippen LogP contribution in [0.15, 0.2) is 23.1 Å². The molecular formula is C11H15FN2O2S. The molecule has 0 bridgehead atoms. The van der Waals surface area contributed by atoms with Crippen LogP contribution in [-0.4, -0.2) is 27.5 Å². The van der Waals surface area contributed by atoms with Gasteiger partial charge in [-0.15, -0.1) is 0 Å². The Kier molecular flexibility index (Phi) is 3.46. The number of sulfonamides is 1. The highest BCUT2D eigenvalue weighted by Gasteiger charge is 2.22. The van der Waals surface area contributed by atoms with E-state index in [0.717, 1.165) is 13.0 Å². The average Bonchev–Trinajstić information content (AvgIpc) is 2.73. The average molecular weight is 258 g/mol. The van der Waals surface area contributed by atoms with Crippen LogP contribution in [0.3, 0.4) is 0 Å². The molecule has 1 atom stereocenters. The van der Waals surface area contributed by atoms with Gasteiger partial charge in [-0.25, -0.2) is 17.5 Å². The fraction of sp³-hybridized carbons (Fsp3) is 0.455. The first-order valence-electron chi connectivity index (χ1n) is 5.48. The Hall–Kier alpha value is -0.980. The van der Waals surface area contributed by atoms with Crippen molar-refractivity contribution in [2.24, 2.45) is 0 Å². The molecule has 0 saturated carbocycles. The highest BCUT2D eigenvalue weighted by Crippen LogP contribution is 2.15. The quantitative estimate of drug-likeness (QED) is 0.842. The van der Waals surface area contributed by atoms with E-state index in [1.165, 1.54) is 18.2 Å². The molecule has 0 radical (unpaired) electrons. The van der Waals surface area contributed by atoms with Crippen LogP contribution in [0.5, 0.6) is 0 Å². The fourth-order valence-electron chi connectivity index (χ4n) is 1.83. The van der Waals surface area contributed by atoms with Gasteiger partial charge >= 0.3 is 0 Å². The summed E-state index contributed by atoms with van der Waals surface area (Å²) in [7, 11) is -3.54. The van der Waals surface area contributed by atoms with Crippen molar-refractivity contribution >= 4 is 10.0 Å². The van der Waals surface area contributed by atoms with Crippen molar-refractivity contribution in [3.05, 3.63) is 29.6 Å². The van der Waals surface area contributed by atoms with E-state index in [0.29, 0.717) is 12.1 Å². The summed E-state index contributed by atoms with van der Waals surface area (Å²) in [5, 5.41) is 3.08. The Morgan fingerprint density at radius 3 is 2.82 bits per heavy atom. The summed E-state index contributed by atoms with van der Waals surface area (Å²) >= 11 is 0. The number of hydrogen-bond donors (Lipinski definition) is 2. The van der Waals surface area contributed by atoms with Gasteiger partial charge in [0.05, 0.1) is 4.90 Å². The third-order valence-electron chi connectivity index (χ3n) is 2.82. The van der Waals surface area contributed by atoms with Gasteiger partial charge in [-0.05, 0) is 43.7 Å². The van der Waals surface area contributed by atoms with Gasteiger partial charge in [0, 0.05) is 12.6 Å². The summed E-state index contributed by atoms with van der Waals surface area (Å²) in [6, 6.07) is 3.73. The van der Waals surface area contributed by atoms with Crippen LogP contribution in [-0.2, 0) is 10.0 Å². The van der Waals surface area contributed by atoms with Gasteiger partial charge in [0.1, 0.15) is 5.82 Å². The maximum absolute atomic E-state index is 13.1. The van der Waals surface area contributed by atoms with Crippen LogP contribution in [0.1, 0.15) is 12.0 Å². The predicted octanol–water partition coefficient (Wildman–Crippen LogP) is 0.774. The minimum atomic E-state index is -3.54. The predicted molar refractivity (Wildman–Crippen MR) is 62.7 cm³/mol. The van der Waals surface area contributed by atoms with E-state index < -0.39 is 15.8 Å². The number of rotatable bonds is 3. The molecule has 1 aromatic carbocycles. The molecule has 94 valence electrons. The van der Waals surface area contributed by atoms with Gasteiger partial charge in [-0.3, -0.25) is 0 Å². The van der Waals surface area contributed by atoms with Gasteiger partial charge in [0.2, 0.25) is 10.0 Å². The first kappa shape index (κ1) is 12.5. The zero-order valence-electron chi connectivity index (χ0n) is 9.53. The van der Waals surface area contributed by atoms with Crippen molar-refractivity contribution in [1.29, 1.82) is 0 Å². The van der Waals surface area contributed by atoms with Gasteiger partial charge in [0.15, 0.2) is 0 Å². The summed E-state index contributed by atoms with van der Waals surface area (Å²) in [6.45, 7) is 3.00. The molecule has 2 N–H and O–H groups in total. The Labute approximate surface area is 100 Å². The molecule has 0 amide bonds. The van der Waals surface area contributed by atoms with Gasteiger partial charge in [-0.2, -0.15) is 0 Å². The van der Waals surface area contributed by atoms with Crippen LogP contribution < -0.4 is 10.0 Å².